The summed E-state index contributed by atoms with van der Waals surface area (Å²) in [7, 11) is 0. The van der Waals surface area contributed by atoms with Crippen molar-refractivity contribution in [1.82, 2.24) is 19.4 Å². The number of carbonyl (C=O) groups excluding carboxylic acids is 1. The number of nitrogens with one attached hydrogen (secondary N) is 1. The fourth-order valence-electron chi connectivity index (χ4n) is 3.69. The molecule has 1 atom stereocenters. The third-order valence-corrected chi connectivity index (χ3v) is 5.47. The van der Waals surface area contributed by atoms with Crippen LogP contribution < -0.4 is 5.32 Å². The minimum absolute atomic E-state index is 0.0238. The zero-order chi connectivity index (χ0) is 20.4. The number of halogens is 2. The summed E-state index contributed by atoms with van der Waals surface area (Å²) < 4.78 is 16.3. The van der Waals surface area contributed by atoms with Gasteiger partial charge >= 0.3 is 6.03 Å². The Morgan fingerprint density at radius 1 is 1.31 bits per heavy atom. The molecule has 8 heteroatoms. The van der Waals surface area contributed by atoms with E-state index in [9.17, 15) is 9.18 Å². The minimum atomic E-state index is -0.631. The van der Waals surface area contributed by atoms with Crippen molar-refractivity contribution in [3.63, 3.8) is 0 Å². The highest BCUT2D eigenvalue weighted by molar-refractivity contribution is 6.31. The van der Waals surface area contributed by atoms with Crippen LogP contribution in [0.3, 0.4) is 0 Å². The van der Waals surface area contributed by atoms with Crippen molar-refractivity contribution in [2.75, 3.05) is 11.9 Å². The summed E-state index contributed by atoms with van der Waals surface area (Å²) in [6, 6.07) is 7.95. The van der Waals surface area contributed by atoms with Crippen LogP contribution in [0, 0.1) is 12.7 Å². The highest BCUT2D eigenvalue weighted by Gasteiger charge is 2.33. The Kier molecular flexibility index (Phi) is 5.49. The zero-order valence-corrected chi connectivity index (χ0v) is 16.7. The number of aryl methyl sites for hydroxylation is 1. The predicted octanol–water partition coefficient (Wildman–Crippen LogP) is 4.80. The average molecular weight is 414 g/mol. The molecule has 1 aliphatic rings. The van der Waals surface area contributed by atoms with Crippen LogP contribution in [-0.4, -0.2) is 32.0 Å². The van der Waals surface area contributed by atoms with E-state index < -0.39 is 5.82 Å². The van der Waals surface area contributed by atoms with Crippen molar-refractivity contribution in [1.29, 1.82) is 0 Å². The first kappa shape index (κ1) is 19.4. The van der Waals surface area contributed by atoms with Crippen molar-refractivity contribution in [2.45, 2.75) is 32.4 Å². The van der Waals surface area contributed by atoms with Gasteiger partial charge in [0.1, 0.15) is 5.82 Å². The number of urea groups is 1. The standard InChI is InChI=1S/C21H21ClFN5O/c1-14-12-25-20(28(14)13-15-7-9-24-10-8-15)18-6-3-11-27(18)21(29)26-17-5-2-4-16(22)19(17)23/h2,4-5,7-10,12,18H,3,6,11,13H2,1H3,(H,26,29). The van der Waals surface area contributed by atoms with E-state index in [4.69, 9.17) is 11.6 Å². The summed E-state index contributed by atoms with van der Waals surface area (Å²) in [4.78, 5) is 23.3. The Bertz CT molecular complexity index is 1020. The van der Waals surface area contributed by atoms with Gasteiger partial charge in [0.2, 0.25) is 0 Å². The number of benzene rings is 1. The van der Waals surface area contributed by atoms with Crippen LogP contribution in [0.2, 0.25) is 5.02 Å². The third kappa shape index (κ3) is 3.96. The molecule has 1 N–H and O–H groups in total. The monoisotopic (exact) mass is 413 g/mol. The van der Waals surface area contributed by atoms with Gasteiger partial charge in [0.15, 0.2) is 5.82 Å². The van der Waals surface area contributed by atoms with Crippen LogP contribution in [0.15, 0.2) is 48.9 Å². The smallest absolute Gasteiger partial charge is 0.322 e. The molecule has 2 aromatic heterocycles. The Morgan fingerprint density at radius 2 is 2.10 bits per heavy atom. The zero-order valence-electron chi connectivity index (χ0n) is 16.0. The van der Waals surface area contributed by atoms with Gasteiger partial charge in [0.05, 0.1) is 16.8 Å². The fourth-order valence-corrected chi connectivity index (χ4v) is 3.86. The van der Waals surface area contributed by atoms with Gasteiger partial charge in [-0.25, -0.2) is 14.2 Å². The van der Waals surface area contributed by atoms with E-state index in [1.807, 2.05) is 25.3 Å². The molecule has 0 spiro atoms. The number of hydrogen-bond acceptors (Lipinski definition) is 3. The molecule has 2 amide bonds. The molecule has 150 valence electrons. The minimum Gasteiger partial charge on any atom is -0.326 e. The molecule has 3 aromatic rings. The van der Waals surface area contributed by atoms with Crippen molar-refractivity contribution in [3.05, 3.63) is 76.8 Å². The number of carbonyl (C=O) groups is 1. The Balaban J connectivity index is 1.57. The molecular formula is C21H21ClFN5O. The molecular weight excluding hydrogens is 393 g/mol. The maximum atomic E-state index is 14.2. The van der Waals surface area contributed by atoms with Gasteiger partial charge in [-0.05, 0) is 49.6 Å². The summed E-state index contributed by atoms with van der Waals surface area (Å²) in [5.41, 5.74) is 2.20. The van der Waals surface area contributed by atoms with E-state index in [0.29, 0.717) is 13.1 Å². The number of anilines is 1. The molecule has 0 aliphatic carbocycles. The molecule has 4 rings (SSSR count). The maximum Gasteiger partial charge on any atom is 0.322 e. The summed E-state index contributed by atoms with van der Waals surface area (Å²) in [5, 5.41) is 2.63. The molecule has 6 nitrogen and oxygen atoms in total. The number of likely N-dealkylation sites (tertiary alicyclic amines) is 1. The molecule has 1 aromatic carbocycles. The molecule has 1 aliphatic heterocycles. The lowest BCUT2D eigenvalue weighted by Gasteiger charge is -2.26. The molecule has 0 radical (unpaired) electrons. The van der Waals surface area contributed by atoms with Crippen molar-refractivity contribution in [2.24, 2.45) is 0 Å². The Labute approximate surface area is 173 Å². The summed E-state index contributed by atoms with van der Waals surface area (Å²) in [5.74, 6) is 0.201. The number of rotatable bonds is 4. The lowest BCUT2D eigenvalue weighted by atomic mass is 10.2. The maximum absolute atomic E-state index is 14.2. The first-order chi connectivity index (χ1) is 14.0. The predicted molar refractivity (Wildman–Crippen MR) is 109 cm³/mol. The van der Waals surface area contributed by atoms with Gasteiger partial charge in [0.25, 0.3) is 0 Å². The number of imidazole rings is 1. The third-order valence-electron chi connectivity index (χ3n) is 5.18. The molecule has 0 saturated carbocycles. The molecule has 1 saturated heterocycles. The quantitative estimate of drug-likeness (QED) is 0.668. The number of nitrogens with zero attached hydrogens (tertiary/aromatic N) is 4. The lowest BCUT2D eigenvalue weighted by molar-refractivity contribution is 0.204. The normalized spacial score (nSPS) is 16.2. The van der Waals surface area contributed by atoms with Crippen LogP contribution in [0.25, 0.3) is 0 Å². The van der Waals surface area contributed by atoms with Gasteiger partial charge in [-0.2, -0.15) is 0 Å². The van der Waals surface area contributed by atoms with E-state index in [2.05, 4.69) is 19.9 Å². The highest BCUT2D eigenvalue weighted by Crippen LogP contribution is 2.33. The van der Waals surface area contributed by atoms with E-state index in [0.717, 1.165) is 29.9 Å². The van der Waals surface area contributed by atoms with Crippen LogP contribution in [0.1, 0.15) is 36.0 Å². The second-order valence-electron chi connectivity index (χ2n) is 7.08. The van der Waals surface area contributed by atoms with Gasteiger partial charge in [-0.1, -0.05) is 17.7 Å². The SMILES string of the molecule is Cc1cnc(C2CCCN2C(=O)Nc2cccc(Cl)c2F)n1Cc1ccncc1. The van der Waals surface area contributed by atoms with Gasteiger partial charge in [0, 0.05) is 37.4 Å². The van der Waals surface area contributed by atoms with Crippen molar-refractivity contribution < 1.29 is 9.18 Å². The topological polar surface area (TPSA) is 63.1 Å². The molecule has 1 unspecified atom stereocenters. The molecule has 1 fully saturated rings. The lowest BCUT2D eigenvalue weighted by Crippen LogP contribution is -2.36. The number of pyridine rings is 1. The Morgan fingerprint density at radius 3 is 2.90 bits per heavy atom. The second-order valence-corrected chi connectivity index (χ2v) is 7.49. The first-order valence-corrected chi connectivity index (χ1v) is 9.85. The van der Waals surface area contributed by atoms with E-state index in [1.54, 1.807) is 23.4 Å². The summed E-state index contributed by atoms with van der Waals surface area (Å²) >= 11 is 5.82. The van der Waals surface area contributed by atoms with Crippen molar-refractivity contribution in [3.8, 4) is 0 Å². The van der Waals surface area contributed by atoms with E-state index >= 15 is 0 Å². The summed E-state index contributed by atoms with van der Waals surface area (Å²) in [6.45, 7) is 3.23. The average Bonchev–Trinajstić information content (AvgIpc) is 3.33. The van der Waals surface area contributed by atoms with Gasteiger partial charge in [-0.15, -0.1) is 0 Å². The Hall–Kier alpha value is -2.93. The van der Waals surface area contributed by atoms with Crippen molar-refractivity contribution >= 4 is 23.3 Å². The number of amides is 2. The van der Waals surface area contributed by atoms with Crippen LogP contribution in [0.5, 0.6) is 0 Å². The highest BCUT2D eigenvalue weighted by atomic mass is 35.5. The molecule has 0 bridgehead atoms. The number of aromatic nitrogens is 3. The van der Waals surface area contributed by atoms with Crippen LogP contribution in [-0.2, 0) is 6.54 Å². The van der Waals surface area contributed by atoms with Gasteiger partial charge < -0.3 is 14.8 Å². The molecule has 3 heterocycles. The largest absolute Gasteiger partial charge is 0.326 e. The summed E-state index contributed by atoms with van der Waals surface area (Å²) in [6.07, 6.45) is 7.00. The van der Waals surface area contributed by atoms with E-state index in [1.165, 1.54) is 12.1 Å². The number of hydrogen-bond donors (Lipinski definition) is 1. The van der Waals surface area contributed by atoms with Crippen LogP contribution in [0.4, 0.5) is 14.9 Å². The molecule has 29 heavy (non-hydrogen) atoms. The van der Waals surface area contributed by atoms with Gasteiger partial charge in [-0.3, -0.25) is 4.98 Å². The first-order valence-electron chi connectivity index (χ1n) is 9.47. The van der Waals surface area contributed by atoms with E-state index in [-0.39, 0.29) is 22.8 Å². The van der Waals surface area contributed by atoms with Crippen LogP contribution >= 0.6 is 11.6 Å². The fraction of sp³-hybridized carbons (Fsp3) is 0.286. The second kappa shape index (κ2) is 8.21.